The van der Waals surface area contributed by atoms with Gasteiger partial charge in [0.1, 0.15) is 6.61 Å². The van der Waals surface area contributed by atoms with Crippen molar-refractivity contribution >= 4 is 29.5 Å². The number of imide groups is 1. The number of benzene rings is 1. The van der Waals surface area contributed by atoms with Gasteiger partial charge >= 0.3 is 12.1 Å². The number of halogens is 3. The average Bonchev–Trinajstić information content (AvgIpc) is 2.91. The monoisotopic (exact) mass is 410 g/mol. The summed E-state index contributed by atoms with van der Waals surface area (Å²) in [4.78, 5) is 40.7. The second kappa shape index (κ2) is 8.01. The number of thioether (sulfide) groups is 1. The number of amides is 2. The summed E-state index contributed by atoms with van der Waals surface area (Å²) in [6.07, 6.45) is -3.78. The Balaban J connectivity index is 1.44. The molecule has 2 aromatic rings. The molecule has 10 heteroatoms. The van der Waals surface area contributed by atoms with Crippen LogP contribution in [0, 0.1) is 0 Å². The normalized spacial score (nSPS) is 13.6. The number of ether oxygens (including phenoxy) is 1. The van der Waals surface area contributed by atoms with Gasteiger partial charge in [0.25, 0.3) is 11.8 Å². The van der Waals surface area contributed by atoms with E-state index in [0.29, 0.717) is 17.3 Å². The Morgan fingerprint density at radius 1 is 1.07 bits per heavy atom. The summed E-state index contributed by atoms with van der Waals surface area (Å²) in [5, 5.41) is 0.241. The van der Waals surface area contributed by atoms with Crippen LogP contribution in [0.5, 0.6) is 0 Å². The van der Waals surface area contributed by atoms with Crippen LogP contribution in [0.1, 0.15) is 26.3 Å². The molecule has 3 rings (SSSR count). The van der Waals surface area contributed by atoms with Gasteiger partial charge in [0.05, 0.1) is 34.0 Å². The third-order valence-electron chi connectivity index (χ3n) is 3.86. The predicted molar refractivity (Wildman–Crippen MR) is 92.7 cm³/mol. The van der Waals surface area contributed by atoms with Gasteiger partial charge in [-0.3, -0.25) is 19.3 Å². The van der Waals surface area contributed by atoms with Gasteiger partial charge in [-0.1, -0.05) is 23.9 Å². The van der Waals surface area contributed by atoms with E-state index in [9.17, 15) is 27.6 Å². The van der Waals surface area contributed by atoms with Crippen molar-refractivity contribution in [1.29, 1.82) is 0 Å². The molecule has 28 heavy (non-hydrogen) atoms. The van der Waals surface area contributed by atoms with E-state index in [2.05, 4.69) is 4.98 Å². The lowest BCUT2D eigenvalue weighted by Crippen LogP contribution is -2.33. The number of fused-ring (bicyclic) bond motifs is 1. The second-order valence-corrected chi connectivity index (χ2v) is 6.70. The number of aromatic nitrogens is 1. The highest BCUT2D eigenvalue weighted by atomic mass is 32.2. The molecule has 0 unspecified atom stereocenters. The second-order valence-electron chi connectivity index (χ2n) is 5.70. The Kier molecular flexibility index (Phi) is 5.68. The Labute approximate surface area is 161 Å². The van der Waals surface area contributed by atoms with Crippen LogP contribution in [0.3, 0.4) is 0 Å². The molecule has 0 saturated carbocycles. The molecular weight excluding hydrogens is 397 g/mol. The van der Waals surface area contributed by atoms with Crippen LogP contribution >= 0.6 is 11.8 Å². The number of hydrogen-bond acceptors (Lipinski definition) is 6. The number of pyridine rings is 1. The minimum atomic E-state index is -4.47. The van der Waals surface area contributed by atoms with Gasteiger partial charge in [-0.2, -0.15) is 13.2 Å². The number of hydrogen-bond donors (Lipinski definition) is 0. The lowest BCUT2D eigenvalue weighted by Gasteiger charge is -2.13. The molecule has 2 amide bonds. The van der Waals surface area contributed by atoms with E-state index in [0.717, 1.165) is 22.7 Å². The molecule has 1 aliphatic rings. The molecule has 0 fully saturated rings. The maximum atomic E-state index is 12.5. The van der Waals surface area contributed by atoms with Crippen molar-refractivity contribution in [3.05, 3.63) is 59.3 Å². The number of carbonyl (C=O) groups is 3. The molecule has 1 aliphatic heterocycles. The summed E-state index contributed by atoms with van der Waals surface area (Å²) in [7, 11) is 0. The van der Waals surface area contributed by atoms with Gasteiger partial charge in [0.15, 0.2) is 0 Å². The van der Waals surface area contributed by atoms with Crippen LogP contribution in [0.25, 0.3) is 0 Å². The first-order chi connectivity index (χ1) is 13.3. The molecule has 146 valence electrons. The van der Waals surface area contributed by atoms with E-state index in [1.165, 1.54) is 6.07 Å². The molecule has 0 atom stereocenters. The van der Waals surface area contributed by atoms with E-state index in [1.54, 1.807) is 24.3 Å². The van der Waals surface area contributed by atoms with Gasteiger partial charge in [-0.15, -0.1) is 0 Å². The van der Waals surface area contributed by atoms with E-state index in [4.69, 9.17) is 4.74 Å². The van der Waals surface area contributed by atoms with Crippen LogP contribution < -0.4 is 0 Å². The van der Waals surface area contributed by atoms with E-state index >= 15 is 0 Å². The number of esters is 1. The fraction of sp³-hybridized carbons (Fsp3) is 0.222. The molecule has 0 bridgehead atoms. The average molecular weight is 410 g/mol. The molecule has 1 aromatic heterocycles. The highest BCUT2D eigenvalue weighted by molar-refractivity contribution is 7.99. The Morgan fingerprint density at radius 2 is 1.71 bits per heavy atom. The zero-order valence-corrected chi connectivity index (χ0v) is 15.0. The van der Waals surface area contributed by atoms with Gasteiger partial charge in [0.2, 0.25) is 0 Å². The van der Waals surface area contributed by atoms with Gasteiger partial charge in [-0.25, -0.2) is 4.98 Å². The molecular formula is C18H13F3N2O4S. The fourth-order valence-corrected chi connectivity index (χ4v) is 3.14. The van der Waals surface area contributed by atoms with E-state index < -0.39 is 29.5 Å². The van der Waals surface area contributed by atoms with Gasteiger partial charge in [-0.05, 0) is 24.3 Å². The third-order valence-corrected chi connectivity index (χ3v) is 4.78. The molecule has 0 aliphatic carbocycles. The van der Waals surface area contributed by atoms with Crippen molar-refractivity contribution in [2.45, 2.75) is 11.2 Å². The zero-order valence-electron chi connectivity index (χ0n) is 14.2. The summed E-state index contributed by atoms with van der Waals surface area (Å²) >= 11 is 0.921. The Morgan fingerprint density at radius 3 is 2.25 bits per heavy atom. The van der Waals surface area contributed by atoms with Crippen molar-refractivity contribution in [3.63, 3.8) is 0 Å². The topological polar surface area (TPSA) is 76.6 Å². The van der Waals surface area contributed by atoms with Gasteiger partial charge < -0.3 is 4.74 Å². The van der Waals surface area contributed by atoms with Crippen molar-refractivity contribution < 1.29 is 32.3 Å². The number of alkyl halides is 3. The molecule has 2 heterocycles. The highest BCUT2D eigenvalue weighted by Crippen LogP contribution is 2.29. The summed E-state index contributed by atoms with van der Waals surface area (Å²) in [5.41, 5.74) is -0.258. The van der Waals surface area contributed by atoms with Crippen molar-refractivity contribution in [3.8, 4) is 0 Å². The SMILES string of the molecule is O=C(CSc1ccc(C(F)(F)F)cn1)OCCN1C(=O)c2ccccc2C1=O. The smallest absolute Gasteiger partial charge is 0.417 e. The molecule has 6 nitrogen and oxygen atoms in total. The minimum Gasteiger partial charge on any atom is -0.463 e. The first kappa shape index (κ1) is 19.9. The number of carbonyl (C=O) groups excluding carboxylic acids is 3. The van der Waals surface area contributed by atoms with Crippen LogP contribution in [0.4, 0.5) is 13.2 Å². The molecule has 0 radical (unpaired) electrons. The summed E-state index contributed by atoms with van der Waals surface area (Å²) < 4.78 is 42.4. The maximum absolute atomic E-state index is 12.5. The number of nitrogens with zero attached hydrogens (tertiary/aromatic N) is 2. The standard InChI is InChI=1S/C18H13F3N2O4S/c19-18(20,21)11-5-6-14(22-9-11)28-10-15(24)27-8-7-23-16(25)12-3-1-2-4-13(12)17(23)26/h1-6,9H,7-8,10H2. The summed E-state index contributed by atoms with van der Waals surface area (Å²) in [5.74, 6) is -1.69. The molecule has 0 N–H and O–H groups in total. The first-order valence-corrected chi connectivity index (χ1v) is 9.03. The van der Waals surface area contributed by atoms with E-state index in [-0.39, 0.29) is 23.9 Å². The third kappa shape index (κ3) is 4.33. The molecule has 1 aromatic carbocycles. The largest absolute Gasteiger partial charge is 0.463 e. The lowest BCUT2D eigenvalue weighted by molar-refractivity contribution is -0.140. The van der Waals surface area contributed by atoms with E-state index in [1.807, 2.05) is 0 Å². The minimum absolute atomic E-state index is 0.0821. The lowest BCUT2D eigenvalue weighted by atomic mass is 10.1. The quantitative estimate of drug-likeness (QED) is 0.414. The van der Waals surface area contributed by atoms with Crippen LogP contribution in [0.2, 0.25) is 0 Å². The highest BCUT2D eigenvalue weighted by Gasteiger charge is 2.35. The maximum Gasteiger partial charge on any atom is 0.417 e. The number of rotatable bonds is 6. The molecule has 0 saturated heterocycles. The Bertz CT molecular complexity index is 881. The van der Waals surface area contributed by atoms with Crippen LogP contribution in [-0.2, 0) is 15.7 Å². The van der Waals surface area contributed by atoms with Crippen LogP contribution in [-0.4, -0.2) is 46.6 Å². The molecule has 0 spiro atoms. The predicted octanol–water partition coefficient (Wildman–Crippen LogP) is 3.03. The first-order valence-electron chi connectivity index (χ1n) is 8.04. The fourth-order valence-electron chi connectivity index (χ4n) is 2.50. The summed E-state index contributed by atoms with van der Waals surface area (Å²) in [6.45, 7) is -0.257. The van der Waals surface area contributed by atoms with Gasteiger partial charge in [0, 0.05) is 6.20 Å². The van der Waals surface area contributed by atoms with Crippen LogP contribution in [0.15, 0.2) is 47.6 Å². The van der Waals surface area contributed by atoms with Crippen molar-refractivity contribution in [2.75, 3.05) is 18.9 Å². The van der Waals surface area contributed by atoms with Crippen molar-refractivity contribution in [1.82, 2.24) is 9.88 Å². The summed E-state index contributed by atoms with van der Waals surface area (Å²) in [6, 6.07) is 8.45. The zero-order chi connectivity index (χ0) is 20.3. The Hall–Kier alpha value is -2.88. The van der Waals surface area contributed by atoms with Crippen molar-refractivity contribution in [2.24, 2.45) is 0 Å².